The van der Waals surface area contributed by atoms with Crippen LogP contribution in [0.2, 0.25) is 0 Å². The van der Waals surface area contributed by atoms with Crippen LogP contribution in [-0.2, 0) is 12.8 Å². The molecular formula is C32H24Br2F3N3O3. The van der Waals surface area contributed by atoms with Gasteiger partial charge in [-0.15, -0.1) is 0 Å². The van der Waals surface area contributed by atoms with Gasteiger partial charge in [-0.05, 0) is 81.6 Å². The predicted molar refractivity (Wildman–Crippen MR) is 168 cm³/mol. The molecule has 0 radical (unpaired) electrons. The average molecular weight is 715 g/mol. The van der Waals surface area contributed by atoms with Crippen molar-refractivity contribution in [2.75, 3.05) is 6.61 Å². The Bertz CT molecular complexity index is 1890. The maximum absolute atomic E-state index is 13.6. The van der Waals surface area contributed by atoms with Crippen LogP contribution < -0.4 is 15.0 Å². The highest BCUT2D eigenvalue weighted by molar-refractivity contribution is 9.13. The van der Waals surface area contributed by atoms with Crippen molar-refractivity contribution < 1.29 is 22.6 Å². The van der Waals surface area contributed by atoms with Crippen molar-refractivity contribution in [1.82, 2.24) is 9.66 Å². The van der Waals surface area contributed by atoms with E-state index in [1.807, 2.05) is 38.1 Å². The van der Waals surface area contributed by atoms with E-state index in [0.29, 0.717) is 44.7 Å². The van der Waals surface area contributed by atoms with Gasteiger partial charge < -0.3 is 9.47 Å². The maximum atomic E-state index is 13.6. The number of aryl methyl sites for hydroxylation is 1. The summed E-state index contributed by atoms with van der Waals surface area (Å²) < 4.78 is 54.7. The fourth-order valence-electron chi connectivity index (χ4n) is 4.31. The number of halogens is 5. The molecule has 0 saturated heterocycles. The van der Waals surface area contributed by atoms with Gasteiger partial charge in [0.2, 0.25) is 0 Å². The van der Waals surface area contributed by atoms with Gasteiger partial charge in [-0.2, -0.15) is 22.9 Å². The van der Waals surface area contributed by atoms with Crippen molar-refractivity contribution in [1.29, 1.82) is 0 Å². The number of hydrogen-bond donors (Lipinski definition) is 0. The molecule has 1 heterocycles. The van der Waals surface area contributed by atoms with Gasteiger partial charge in [0, 0.05) is 15.6 Å². The molecule has 0 bridgehead atoms. The highest BCUT2D eigenvalue weighted by Crippen LogP contribution is 2.43. The first-order valence-electron chi connectivity index (χ1n) is 13.1. The summed E-state index contributed by atoms with van der Waals surface area (Å²) >= 11 is 7.16. The van der Waals surface area contributed by atoms with Crippen molar-refractivity contribution in [3.63, 3.8) is 0 Å². The lowest BCUT2D eigenvalue weighted by atomic mass is 10.1. The molecule has 11 heteroatoms. The van der Waals surface area contributed by atoms with E-state index in [1.165, 1.54) is 18.3 Å². The Morgan fingerprint density at radius 2 is 1.70 bits per heavy atom. The van der Waals surface area contributed by atoms with Gasteiger partial charge in [0.15, 0.2) is 17.3 Å². The number of rotatable bonds is 8. The molecule has 220 valence electrons. The quantitative estimate of drug-likeness (QED) is 0.151. The second-order valence-corrected chi connectivity index (χ2v) is 11.1. The summed E-state index contributed by atoms with van der Waals surface area (Å²) in [5.41, 5.74) is 1.67. The molecule has 0 fully saturated rings. The molecule has 0 N–H and O–H groups in total. The fraction of sp³-hybridized carbons (Fsp3) is 0.156. The van der Waals surface area contributed by atoms with Crippen molar-refractivity contribution in [2.45, 2.75) is 26.6 Å². The Labute approximate surface area is 262 Å². The monoisotopic (exact) mass is 713 g/mol. The highest BCUT2D eigenvalue weighted by Gasteiger charge is 2.31. The average Bonchev–Trinajstić information content (AvgIpc) is 2.99. The van der Waals surface area contributed by atoms with Crippen LogP contribution in [0.15, 0.2) is 97.7 Å². The summed E-state index contributed by atoms with van der Waals surface area (Å²) in [6, 6.07) is 20.9. The zero-order valence-corrected chi connectivity index (χ0v) is 26.1. The van der Waals surface area contributed by atoms with Crippen LogP contribution in [0.5, 0.6) is 11.5 Å². The molecule has 0 amide bonds. The molecule has 1 aromatic heterocycles. The molecule has 0 aliphatic carbocycles. The topological polar surface area (TPSA) is 65.7 Å². The second-order valence-electron chi connectivity index (χ2n) is 9.52. The molecule has 0 aliphatic heterocycles. The van der Waals surface area contributed by atoms with E-state index in [0.717, 1.165) is 27.9 Å². The SMILES string of the molecule is CCOc1cc(C=Nn2c(-c3cccc(C(F)(F)F)c3)nc3ccccc3c2=O)c(Br)c(Br)c1OCc1ccc(C)cc1. The van der Waals surface area contributed by atoms with Crippen molar-refractivity contribution >= 4 is 49.0 Å². The molecule has 0 aliphatic rings. The third kappa shape index (κ3) is 6.67. The van der Waals surface area contributed by atoms with Gasteiger partial charge >= 0.3 is 6.18 Å². The Morgan fingerprint density at radius 1 is 0.953 bits per heavy atom. The third-order valence-corrected chi connectivity index (χ3v) is 8.62. The van der Waals surface area contributed by atoms with Crippen molar-refractivity contribution in [2.24, 2.45) is 5.10 Å². The number of alkyl halides is 3. The molecule has 0 spiro atoms. The van der Waals surface area contributed by atoms with E-state index >= 15 is 0 Å². The third-order valence-electron chi connectivity index (χ3n) is 6.47. The van der Waals surface area contributed by atoms with Crippen LogP contribution in [0.25, 0.3) is 22.3 Å². The molecule has 5 rings (SSSR count). The fourth-order valence-corrected chi connectivity index (χ4v) is 5.24. The minimum absolute atomic E-state index is 0.0377. The van der Waals surface area contributed by atoms with Gasteiger partial charge in [0.1, 0.15) is 6.61 Å². The largest absolute Gasteiger partial charge is 0.490 e. The number of aromatic nitrogens is 2. The standard InChI is InChI=1S/C32H24Br2F3N3O3/c1-3-42-26-16-22(27(33)28(34)29(26)43-18-20-13-11-19(2)12-14-20)17-38-40-30(21-7-6-8-23(15-21)32(35,36)37)39-25-10-5-4-9-24(25)31(40)41/h4-17H,3,18H2,1-2H3. The number of para-hydroxylation sites is 1. The van der Waals surface area contributed by atoms with Crippen molar-refractivity contribution in [3.05, 3.63) is 120 Å². The summed E-state index contributed by atoms with van der Waals surface area (Å²) in [5.74, 6) is 0.873. The number of fused-ring (bicyclic) bond motifs is 1. The maximum Gasteiger partial charge on any atom is 0.416 e. The smallest absolute Gasteiger partial charge is 0.416 e. The lowest BCUT2D eigenvalue weighted by Crippen LogP contribution is -2.20. The van der Waals surface area contributed by atoms with E-state index in [-0.39, 0.29) is 16.8 Å². The van der Waals surface area contributed by atoms with Crippen LogP contribution in [0, 0.1) is 6.92 Å². The minimum atomic E-state index is -4.57. The van der Waals surface area contributed by atoms with E-state index in [4.69, 9.17) is 9.47 Å². The van der Waals surface area contributed by atoms with Gasteiger partial charge in [0.25, 0.3) is 5.56 Å². The molecule has 4 aromatic carbocycles. The molecule has 5 aromatic rings. The van der Waals surface area contributed by atoms with Gasteiger partial charge in [-0.25, -0.2) is 4.98 Å². The first-order chi connectivity index (χ1) is 20.6. The van der Waals surface area contributed by atoms with E-state index < -0.39 is 17.3 Å². The normalized spacial score (nSPS) is 11.8. The summed E-state index contributed by atoms with van der Waals surface area (Å²) in [7, 11) is 0. The van der Waals surface area contributed by atoms with E-state index in [2.05, 4.69) is 41.9 Å². The lowest BCUT2D eigenvalue weighted by molar-refractivity contribution is -0.137. The zero-order chi connectivity index (χ0) is 30.7. The Kier molecular flexibility index (Phi) is 9.03. The second kappa shape index (κ2) is 12.7. The number of hydrogen-bond acceptors (Lipinski definition) is 5. The summed E-state index contributed by atoms with van der Waals surface area (Å²) in [6.45, 7) is 4.52. The van der Waals surface area contributed by atoms with E-state index in [1.54, 1.807) is 30.3 Å². The Hall–Kier alpha value is -3.96. The van der Waals surface area contributed by atoms with Crippen LogP contribution in [0.3, 0.4) is 0 Å². The lowest BCUT2D eigenvalue weighted by Gasteiger charge is -2.16. The van der Waals surface area contributed by atoms with Gasteiger partial charge in [-0.1, -0.05) is 54.1 Å². The summed E-state index contributed by atoms with van der Waals surface area (Å²) in [4.78, 5) is 18.1. The minimum Gasteiger partial charge on any atom is -0.490 e. The molecule has 0 saturated carbocycles. The van der Waals surface area contributed by atoms with Crippen LogP contribution in [0.1, 0.15) is 29.2 Å². The van der Waals surface area contributed by atoms with Crippen LogP contribution >= 0.6 is 31.9 Å². The predicted octanol–water partition coefficient (Wildman–Crippen LogP) is 8.78. The van der Waals surface area contributed by atoms with Crippen LogP contribution in [0.4, 0.5) is 13.2 Å². The number of ether oxygens (including phenoxy) is 2. The van der Waals surface area contributed by atoms with Crippen LogP contribution in [-0.4, -0.2) is 22.5 Å². The summed E-state index contributed by atoms with van der Waals surface area (Å²) in [5, 5.41) is 4.69. The Morgan fingerprint density at radius 3 is 2.42 bits per heavy atom. The molecular weight excluding hydrogens is 691 g/mol. The molecule has 6 nitrogen and oxygen atoms in total. The van der Waals surface area contributed by atoms with Crippen molar-refractivity contribution in [3.8, 4) is 22.9 Å². The van der Waals surface area contributed by atoms with Gasteiger partial charge in [0.05, 0.1) is 33.8 Å². The number of benzene rings is 4. The number of nitrogens with zero attached hydrogens (tertiary/aromatic N) is 3. The van der Waals surface area contributed by atoms with Gasteiger partial charge in [-0.3, -0.25) is 4.79 Å². The Balaban J connectivity index is 1.59. The zero-order valence-electron chi connectivity index (χ0n) is 23.0. The first-order valence-corrected chi connectivity index (χ1v) is 14.7. The van der Waals surface area contributed by atoms with E-state index in [9.17, 15) is 18.0 Å². The summed E-state index contributed by atoms with van der Waals surface area (Å²) in [6.07, 6.45) is -3.16. The molecule has 0 atom stereocenters. The molecule has 0 unspecified atom stereocenters. The molecule has 43 heavy (non-hydrogen) atoms. The first kappa shape index (κ1) is 30.5. The highest BCUT2D eigenvalue weighted by atomic mass is 79.9.